The molecule has 0 aromatic heterocycles. The molecule has 1 rings (SSSR count). The number of amides is 1. The van der Waals surface area contributed by atoms with Crippen molar-refractivity contribution in [1.82, 2.24) is 5.32 Å². The standard InChI is InChI=1S/C14H19Cl2NO2/c1-3-4-5-9-17-14(18)10(2)19-12-8-6-7-11(15)13(12)16/h6-8,10H,3-5,9H2,1-2H3,(H,17,18). The normalized spacial score (nSPS) is 12.0. The molecule has 1 amide bonds. The van der Waals surface area contributed by atoms with Crippen molar-refractivity contribution in [3.8, 4) is 5.75 Å². The van der Waals surface area contributed by atoms with E-state index in [2.05, 4.69) is 12.2 Å². The van der Waals surface area contributed by atoms with Gasteiger partial charge in [0.05, 0.1) is 5.02 Å². The van der Waals surface area contributed by atoms with E-state index in [0.29, 0.717) is 22.3 Å². The molecule has 106 valence electrons. The third-order valence-corrected chi connectivity index (χ3v) is 3.47. The van der Waals surface area contributed by atoms with E-state index in [1.165, 1.54) is 0 Å². The van der Waals surface area contributed by atoms with Crippen molar-refractivity contribution in [3.63, 3.8) is 0 Å². The van der Waals surface area contributed by atoms with E-state index >= 15 is 0 Å². The number of hydrogen-bond acceptors (Lipinski definition) is 2. The summed E-state index contributed by atoms with van der Waals surface area (Å²) in [7, 11) is 0. The lowest BCUT2D eigenvalue weighted by molar-refractivity contribution is -0.127. The minimum atomic E-state index is -0.599. The Hall–Kier alpha value is -0.930. The molecule has 0 bridgehead atoms. The Balaban J connectivity index is 2.47. The van der Waals surface area contributed by atoms with Crippen LogP contribution in [-0.4, -0.2) is 18.6 Å². The fourth-order valence-corrected chi connectivity index (χ4v) is 1.89. The number of carbonyl (C=O) groups is 1. The predicted molar refractivity (Wildman–Crippen MR) is 79.1 cm³/mol. The van der Waals surface area contributed by atoms with Crippen LogP contribution < -0.4 is 10.1 Å². The Bertz CT molecular complexity index is 424. The van der Waals surface area contributed by atoms with E-state index in [9.17, 15) is 4.79 Å². The summed E-state index contributed by atoms with van der Waals surface area (Å²) in [6.45, 7) is 4.48. The lowest BCUT2D eigenvalue weighted by atomic mass is 10.2. The number of rotatable bonds is 7. The van der Waals surface area contributed by atoms with Gasteiger partial charge in [-0.05, 0) is 25.5 Å². The zero-order chi connectivity index (χ0) is 14.3. The molecule has 0 aliphatic rings. The topological polar surface area (TPSA) is 38.3 Å². The molecular formula is C14H19Cl2NO2. The first-order chi connectivity index (χ1) is 9.06. The third-order valence-electron chi connectivity index (χ3n) is 2.67. The van der Waals surface area contributed by atoms with Crippen molar-refractivity contribution in [2.24, 2.45) is 0 Å². The van der Waals surface area contributed by atoms with Crippen molar-refractivity contribution in [3.05, 3.63) is 28.2 Å². The highest BCUT2D eigenvalue weighted by atomic mass is 35.5. The summed E-state index contributed by atoms with van der Waals surface area (Å²) in [4.78, 5) is 11.8. The van der Waals surface area contributed by atoms with Crippen molar-refractivity contribution in [2.75, 3.05) is 6.54 Å². The molecule has 0 heterocycles. The molecule has 0 aliphatic carbocycles. The molecular weight excluding hydrogens is 285 g/mol. The maximum Gasteiger partial charge on any atom is 0.260 e. The van der Waals surface area contributed by atoms with Gasteiger partial charge in [0.15, 0.2) is 6.10 Å². The summed E-state index contributed by atoms with van der Waals surface area (Å²) in [5.74, 6) is 0.275. The second-order valence-electron chi connectivity index (χ2n) is 4.31. The second-order valence-corrected chi connectivity index (χ2v) is 5.10. The van der Waals surface area contributed by atoms with Gasteiger partial charge in [-0.1, -0.05) is 49.0 Å². The molecule has 1 aromatic rings. The molecule has 3 nitrogen and oxygen atoms in total. The Labute approximate surface area is 124 Å². The Kier molecular flexibility index (Phi) is 7.03. The molecule has 1 atom stereocenters. The van der Waals surface area contributed by atoms with Crippen LogP contribution in [0.25, 0.3) is 0 Å². The van der Waals surface area contributed by atoms with E-state index < -0.39 is 6.10 Å². The Morgan fingerprint density at radius 3 is 2.79 bits per heavy atom. The summed E-state index contributed by atoms with van der Waals surface area (Å²) < 4.78 is 5.52. The molecule has 1 unspecified atom stereocenters. The summed E-state index contributed by atoms with van der Waals surface area (Å²) in [5, 5.41) is 3.57. The first-order valence-corrected chi connectivity index (χ1v) is 7.20. The van der Waals surface area contributed by atoms with Gasteiger partial charge in [0.1, 0.15) is 10.8 Å². The van der Waals surface area contributed by atoms with Crippen LogP contribution in [0.2, 0.25) is 10.0 Å². The summed E-state index contributed by atoms with van der Waals surface area (Å²) in [5.41, 5.74) is 0. The van der Waals surface area contributed by atoms with Gasteiger partial charge >= 0.3 is 0 Å². The van der Waals surface area contributed by atoms with Crippen LogP contribution in [0.3, 0.4) is 0 Å². The first kappa shape index (κ1) is 16.1. The highest BCUT2D eigenvalue weighted by Crippen LogP contribution is 2.31. The smallest absolute Gasteiger partial charge is 0.260 e. The molecule has 0 radical (unpaired) electrons. The van der Waals surface area contributed by atoms with Crippen molar-refractivity contribution in [1.29, 1.82) is 0 Å². The van der Waals surface area contributed by atoms with Crippen molar-refractivity contribution < 1.29 is 9.53 Å². The van der Waals surface area contributed by atoms with Crippen LogP contribution in [0.4, 0.5) is 0 Å². The highest BCUT2D eigenvalue weighted by molar-refractivity contribution is 6.42. The van der Waals surface area contributed by atoms with Crippen LogP contribution >= 0.6 is 23.2 Å². The van der Waals surface area contributed by atoms with Crippen LogP contribution in [-0.2, 0) is 4.79 Å². The lowest BCUT2D eigenvalue weighted by Crippen LogP contribution is -2.36. The van der Waals surface area contributed by atoms with Gasteiger partial charge in [-0.15, -0.1) is 0 Å². The van der Waals surface area contributed by atoms with Crippen LogP contribution in [0.15, 0.2) is 18.2 Å². The van der Waals surface area contributed by atoms with Gasteiger partial charge in [-0.2, -0.15) is 0 Å². The van der Waals surface area contributed by atoms with Gasteiger partial charge in [0.2, 0.25) is 0 Å². The van der Waals surface area contributed by atoms with Crippen molar-refractivity contribution >= 4 is 29.1 Å². The summed E-state index contributed by atoms with van der Waals surface area (Å²) in [6, 6.07) is 5.09. The highest BCUT2D eigenvalue weighted by Gasteiger charge is 2.16. The number of nitrogens with one attached hydrogen (secondary N) is 1. The van der Waals surface area contributed by atoms with E-state index in [1.807, 2.05) is 0 Å². The summed E-state index contributed by atoms with van der Waals surface area (Å²) >= 11 is 11.9. The van der Waals surface area contributed by atoms with Crippen LogP contribution in [0.1, 0.15) is 33.1 Å². The SMILES string of the molecule is CCCCCNC(=O)C(C)Oc1cccc(Cl)c1Cl. The minimum Gasteiger partial charge on any atom is -0.479 e. The molecule has 0 fully saturated rings. The minimum absolute atomic E-state index is 0.146. The molecule has 0 spiro atoms. The number of unbranched alkanes of at least 4 members (excludes halogenated alkanes) is 2. The van der Waals surface area contributed by atoms with E-state index in [0.717, 1.165) is 19.3 Å². The number of ether oxygens (including phenoxy) is 1. The van der Waals surface area contributed by atoms with Gasteiger partial charge in [-0.3, -0.25) is 4.79 Å². The molecule has 19 heavy (non-hydrogen) atoms. The van der Waals surface area contributed by atoms with Crippen molar-refractivity contribution in [2.45, 2.75) is 39.2 Å². The van der Waals surface area contributed by atoms with Gasteiger partial charge in [0.25, 0.3) is 5.91 Å². The van der Waals surface area contributed by atoms with Gasteiger partial charge in [0, 0.05) is 6.54 Å². The van der Waals surface area contributed by atoms with Crippen LogP contribution in [0, 0.1) is 0 Å². The number of halogens is 2. The molecule has 0 aliphatic heterocycles. The Morgan fingerprint density at radius 1 is 1.37 bits per heavy atom. The number of hydrogen-bond donors (Lipinski definition) is 1. The monoisotopic (exact) mass is 303 g/mol. The zero-order valence-electron chi connectivity index (χ0n) is 11.2. The molecule has 5 heteroatoms. The number of carbonyl (C=O) groups excluding carboxylic acids is 1. The summed E-state index contributed by atoms with van der Waals surface area (Å²) in [6.07, 6.45) is 2.61. The maximum atomic E-state index is 11.8. The largest absolute Gasteiger partial charge is 0.479 e. The van der Waals surface area contributed by atoms with E-state index in [-0.39, 0.29) is 5.91 Å². The maximum absolute atomic E-state index is 11.8. The fraction of sp³-hybridized carbons (Fsp3) is 0.500. The average molecular weight is 304 g/mol. The second kappa shape index (κ2) is 8.28. The van der Waals surface area contributed by atoms with Gasteiger partial charge in [-0.25, -0.2) is 0 Å². The molecule has 1 aromatic carbocycles. The quantitative estimate of drug-likeness (QED) is 0.771. The fourth-order valence-electron chi connectivity index (χ4n) is 1.55. The Morgan fingerprint density at radius 2 is 2.11 bits per heavy atom. The van der Waals surface area contributed by atoms with Gasteiger partial charge < -0.3 is 10.1 Å². The predicted octanol–water partition coefficient (Wildman–Crippen LogP) is 4.07. The molecule has 1 N–H and O–H groups in total. The van der Waals surface area contributed by atoms with E-state index in [1.54, 1.807) is 25.1 Å². The first-order valence-electron chi connectivity index (χ1n) is 6.44. The molecule has 0 saturated carbocycles. The average Bonchev–Trinajstić information content (AvgIpc) is 2.39. The third kappa shape index (κ3) is 5.29. The molecule has 0 saturated heterocycles. The van der Waals surface area contributed by atoms with Crippen LogP contribution in [0.5, 0.6) is 5.75 Å². The number of benzene rings is 1. The van der Waals surface area contributed by atoms with E-state index in [4.69, 9.17) is 27.9 Å². The lowest BCUT2D eigenvalue weighted by Gasteiger charge is -2.16. The zero-order valence-corrected chi connectivity index (χ0v) is 12.7.